The predicted octanol–water partition coefficient (Wildman–Crippen LogP) is -0.320. The number of nitrogens with one attached hydrogen (secondary N) is 1. The van der Waals surface area contributed by atoms with Crippen molar-refractivity contribution < 1.29 is 0 Å². The van der Waals surface area contributed by atoms with Crippen LogP contribution in [0.15, 0.2) is 21.7 Å². The van der Waals surface area contributed by atoms with Gasteiger partial charge in [0.15, 0.2) is 11.2 Å². The van der Waals surface area contributed by atoms with Crippen molar-refractivity contribution in [2.75, 3.05) is 5.73 Å². The van der Waals surface area contributed by atoms with E-state index in [1.165, 1.54) is 7.05 Å². The van der Waals surface area contributed by atoms with Crippen LogP contribution in [-0.2, 0) is 7.05 Å². The molecule has 3 rings (SSSR count). The van der Waals surface area contributed by atoms with Crippen LogP contribution in [0.3, 0.4) is 0 Å². The Hall–Kier alpha value is -1.06. The maximum atomic E-state index is 12.0. The number of rotatable bonds is 0. The third-order valence-corrected chi connectivity index (χ3v) is 3.09. The van der Waals surface area contributed by atoms with Crippen molar-refractivity contribution in [1.82, 2.24) is 19.5 Å². The van der Waals surface area contributed by atoms with Gasteiger partial charge in [-0.1, -0.05) is 0 Å². The van der Waals surface area contributed by atoms with Crippen LogP contribution >= 0.6 is 0 Å². The molecule has 3 aromatic rings. The molecule has 0 saturated heterocycles. The molecule has 0 spiro atoms. The Morgan fingerprint density at radius 1 is 1.20 bits per heavy atom. The fourth-order valence-corrected chi connectivity index (χ4v) is 1.90. The molecule has 0 saturated carbocycles. The summed E-state index contributed by atoms with van der Waals surface area (Å²) in [5, 5.41) is 0. The van der Waals surface area contributed by atoms with Crippen LogP contribution in [0, 0.1) is 6.92 Å². The number of hydrogen-bond acceptors (Lipinski definition) is 5. The standard InChI is InChI=1S/C12H11N5O2.K/c1-5-3-7-8(4-6(5)13)15-10-9(14-7)11(18)17(2)12(19)16-10;/h3-4H,13H2,1-2H3,(H,15,16,19);. The van der Waals surface area contributed by atoms with Crippen LogP contribution in [0.5, 0.6) is 0 Å². The van der Waals surface area contributed by atoms with E-state index in [1.807, 2.05) is 6.92 Å². The molecule has 0 unspecified atom stereocenters. The van der Waals surface area contributed by atoms with Gasteiger partial charge in [-0.3, -0.25) is 14.3 Å². The Bertz CT molecular complexity index is 944. The van der Waals surface area contributed by atoms with Gasteiger partial charge in [-0.15, -0.1) is 0 Å². The quantitative estimate of drug-likeness (QED) is 0.336. The van der Waals surface area contributed by atoms with Crippen LogP contribution in [0.4, 0.5) is 5.69 Å². The van der Waals surface area contributed by atoms with Gasteiger partial charge in [0.05, 0.1) is 11.0 Å². The Morgan fingerprint density at radius 3 is 2.55 bits per heavy atom. The second-order valence-electron chi connectivity index (χ2n) is 4.41. The van der Waals surface area contributed by atoms with E-state index in [9.17, 15) is 9.59 Å². The summed E-state index contributed by atoms with van der Waals surface area (Å²) >= 11 is 0. The molecule has 1 radical (unpaired) electrons. The summed E-state index contributed by atoms with van der Waals surface area (Å²) in [5.41, 5.74) is 7.69. The number of nitrogens with two attached hydrogens (primary N) is 1. The number of benzene rings is 1. The van der Waals surface area contributed by atoms with E-state index in [4.69, 9.17) is 5.73 Å². The Balaban J connectivity index is 0.00000147. The van der Waals surface area contributed by atoms with E-state index in [2.05, 4.69) is 15.0 Å². The molecule has 7 nitrogen and oxygen atoms in total. The number of aromatic nitrogens is 4. The first kappa shape index (κ1) is 15.3. The monoisotopic (exact) mass is 296 g/mol. The first-order valence-electron chi connectivity index (χ1n) is 5.64. The first-order chi connectivity index (χ1) is 8.97. The molecule has 0 aliphatic rings. The zero-order valence-electron chi connectivity index (χ0n) is 11.4. The summed E-state index contributed by atoms with van der Waals surface area (Å²) in [7, 11) is 1.39. The van der Waals surface area contributed by atoms with E-state index in [0.29, 0.717) is 16.7 Å². The van der Waals surface area contributed by atoms with Crippen molar-refractivity contribution in [2.24, 2.45) is 7.05 Å². The summed E-state index contributed by atoms with van der Waals surface area (Å²) in [6.07, 6.45) is 0. The molecule has 0 atom stereocenters. The van der Waals surface area contributed by atoms with E-state index in [-0.39, 0.29) is 62.5 Å². The third-order valence-electron chi connectivity index (χ3n) is 3.09. The molecular formula is C12H11KN5O2. The number of aryl methyl sites for hydroxylation is 1. The fourth-order valence-electron chi connectivity index (χ4n) is 1.90. The topological polar surface area (TPSA) is 107 Å². The van der Waals surface area contributed by atoms with Crippen molar-refractivity contribution in [3.63, 3.8) is 0 Å². The van der Waals surface area contributed by atoms with Gasteiger partial charge >= 0.3 is 5.69 Å². The number of nitrogens with zero attached hydrogens (tertiary/aromatic N) is 3. The summed E-state index contributed by atoms with van der Waals surface area (Å²) in [6.45, 7) is 1.85. The van der Waals surface area contributed by atoms with Gasteiger partial charge in [0.25, 0.3) is 5.56 Å². The minimum atomic E-state index is -0.522. The fraction of sp³-hybridized carbons (Fsp3) is 0.167. The van der Waals surface area contributed by atoms with E-state index >= 15 is 0 Å². The van der Waals surface area contributed by atoms with Gasteiger partial charge in [-0.2, -0.15) is 0 Å². The van der Waals surface area contributed by atoms with E-state index in [1.54, 1.807) is 12.1 Å². The minimum absolute atomic E-state index is 0. The minimum Gasteiger partial charge on any atom is -0.398 e. The summed E-state index contributed by atoms with van der Waals surface area (Å²) in [5.74, 6) is 0. The zero-order valence-corrected chi connectivity index (χ0v) is 14.5. The smallest absolute Gasteiger partial charge is 0.329 e. The molecule has 2 heterocycles. The van der Waals surface area contributed by atoms with Crippen LogP contribution in [0.1, 0.15) is 5.56 Å². The number of H-pyrrole nitrogens is 1. The number of nitrogen functional groups attached to an aromatic ring is 1. The molecule has 20 heavy (non-hydrogen) atoms. The summed E-state index contributed by atoms with van der Waals surface area (Å²) in [4.78, 5) is 34.5. The Kier molecular flexibility index (Phi) is 4.12. The number of fused-ring (bicyclic) bond motifs is 2. The zero-order chi connectivity index (χ0) is 13.7. The molecule has 0 amide bonds. The van der Waals surface area contributed by atoms with Gasteiger partial charge in [-0.05, 0) is 24.6 Å². The van der Waals surface area contributed by atoms with Crippen LogP contribution in [0.2, 0.25) is 0 Å². The van der Waals surface area contributed by atoms with Crippen molar-refractivity contribution in [2.45, 2.75) is 6.92 Å². The normalized spacial score (nSPS) is 10.7. The van der Waals surface area contributed by atoms with Gasteiger partial charge < -0.3 is 5.73 Å². The third kappa shape index (κ3) is 2.33. The molecule has 3 N–H and O–H groups in total. The van der Waals surface area contributed by atoms with Gasteiger partial charge in [-0.25, -0.2) is 14.8 Å². The molecular weight excluding hydrogens is 285 g/mol. The molecule has 8 heteroatoms. The molecule has 0 aliphatic carbocycles. The van der Waals surface area contributed by atoms with Crippen molar-refractivity contribution in [3.05, 3.63) is 38.5 Å². The van der Waals surface area contributed by atoms with Gasteiger partial charge in [0.1, 0.15) is 0 Å². The predicted molar refractivity (Wildman–Crippen MR) is 77.8 cm³/mol. The molecule has 0 bridgehead atoms. The second-order valence-corrected chi connectivity index (χ2v) is 4.41. The maximum absolute atomic E-state index is 12.0. The van der Waals surface area contributed by atoms with Crippen molar-refractivity contribution >= 4 is 79.3 Å². The van der Waals surface area contributed by atoms with Gasteiger partial charge in [0, 0.05) is 64.1 Å². The molecule has 0 fully saturated rings. The largest absolute Gasteiger partial charge is 0.398 e. The van der Waals surface area contributed by atoms with Crippen LogP contribution in [0.25, 0.3) is 22.2 Å². The SMILES string of the molecule is Cc1cc2nc3c(=O)n(C)c(=O)[nH]c3nc2cc1N.[K]. The summed E-state index contributed by atoms with van der Waals surface area (Å²) < 4.78 is 0.965. The van der Waals surface area contributed by atoms with Crippen molar-refractivity contribution in [1.29, 1.82) is 0 Å². The number of anilines is 1. The second kappa shape index (κ2) is 5.38. The molecule has 2 aromatic heterocycles. The molecule has 0 aliphatic heterocycles. The Morgan fingerprint density at radius 2 is 1.85 bits per heavy atom. The maximum Gasteiger partial charge on any atom is 0.329 e. The van der Waals surface area contributed by atoms with Gasteiger partial charge in [0.2, 0.25) is 0 Å². The van der Waals surface area contributed by atoms with Crippen molar-refractivity contribution in [3.8, 4) is 0 Å². The molecule has 97 valence electrons. The summed E-state index contributed by atoms with van der Waals surface area (Å²) in [6, 6.07) is 3.44. The average molecular weight is 296 g/mol. The van der Waals surface area contributed by atoms with Crippen LogP contribution in [-0.4, -0.2) is 70.9 Å². The molecule has 1 aromatic carbocycles. The number of aromatic amines is 1. The Labute approximate surface area is 155 Å². The first-order valence-corrected chi connectivity index (χ1v) is 5.64. The average Bonchev–Trinajstić information content (AvgIpc) is 2.37. The number of hydrogen-bond donors (Lipinski definition) is 2. The van der Waals surface area contributed by atoms with E-state index < -0.39 is 11.2 Å². The van der Waals surface area contributed by atoms with Crippen LogP contribution < -0.4 is 17.0 Å². The van der Waals surface area contributed by atoms with E-state index in [0.717, 1.165) is 10.1 Å².